The second-order valence-corrected chi connectivity index (χ2v) is 7.91. The van der Waals surface area contributed by atoms with Gasteiger partial charge in [0.1, 0.15) is 5.82 Å². The van der Waals surface area contributed by atoms with Gasteiger partial charge in [-0.05, 0) is 43.2 Å². The Morgan fingerprint density at radius 1 is 1.14 bits per heavy atom. The third-order valence-corrected chi connectivity index (χ3v) is 6.04. The monoisotopic (exact) mass is 423 g/mol. The van der Waals surface area contributed by atoms with Gasteiger partial charge in [-0.15, -0.1) is 0 Å². The molecule has 2 aromatic carbocycles. The molecule has 0 bridgehead atoms. The predicted molar refractivity (Wildman–Crippen MR) is 105 cm³/mol. The number of piperidine rings is 1. The van der Waals surface area contributed by atoms with E-state index in [2.05, 4.69) is 10.3 Å². The molecule has 0 saturated carbocycles. The second-order valence-electron chi connectivity index (χ2n) is 6.90. The van der Waals surface area contributed by atoms with E-state index in [-0.39, 0.29) is 17.4 Å². The lowest BCUT2D eigenvalue weighted by Gasteiger charge is -2.31. The van der Waals surface area contributed by atoms with Crippen LogP contribution in [0.15, 0.2) is 42.5 Å². The van der Waals surface area contributed by atoms with Crippen molar-refractivity contribution >= 4 is 38.3 Å². The molecule has 1 N–H and O–H groups in total. The summed E-state index contributed by atoms with van der Waals surface area (Å²) in [6, 6.07) is 9.40. The van der Waals surface area contributed by atoms with Gasteiger partial charge in [0.15, 0.2) is 5.13 Å². The van der Waals surface area contributed by atoms with Crippen LogP contribution in [0.25, 0.3) is 10.2 Å². The highest BCUT2D eigenvalue weighted by molar-refractivity contribution is 7.22. The Morgan fingerprint density at radius 3 is 2.59 bits per heavy atom. The molecule has 1 aromatic heterocycles. The standard InChI is InChI=1S/C20H17F4N3OS/c21-13-5-6-16-17(11-13)29-19(26-16)27-9-7-12(8-10-27)18(28)25-15-4-2-1-3-14(15)20(22,23)24/h1-6,11-12H,7-10H2,(H,25,28). The van der Waals surface area contributed by atoms with E-state index >= 15 is 0 Å². The van der Waals surface area contributed by atoms with Gasteiger partial charge in [0.25, 0.3) is 0 Å². The summed E-state index contributed by atoms with van der Waals surface area (Å²) in [5.41, 5.74) is -0.358. The number of carbonyl (C=O) groups is 1. The average Bonchev–Trinajstić information content (AvgIpc) is 3.11. The van der Waals surface area contributed by atoms with Gasteiger partial charge in [0.05, 0.1) is 21.5 Å². The summed E-state index contributed by atoms with van der Waals surface area (Å²) in [6.07, 6.45) is -3.52. The fourth-order valence-electron chi connectivity index (χ4n) is 3.43. The number of para-hydroxylation sites is 1. The molecule has 0 aliphatic carbocycles. The molecule has 29 heavy (non-hydrogen) atoms. The predicted octanol–water partition coefficient (Wildman–Crippen LogP) is 5.31. The molecule has 0 spiro atoms. The van der Waals surface area contributed by atoms with Crippen molar-refractivity contribution in [3.8, 4) is 0 Å². The SMILES string of the molecule is O=C(Nc1ccccc1C(F)(F)F)C1CCN(c2nc3ccc(F)cc3s2)CC1. The van der Waals surface area contributed by atoms with Crippen LogP contribution < -0.4 is 10.2 Å². The van der Waals surface area contributed by atoms with Crippen molar-refractivity contribution in [1.82, 2.24) is 4.98 Å². The minimum Gasteiger partial charge on any atom is -0.348 e. The normalized spacial score (nSPS) is 15.7. The Balaban J connectivity index is 1.41. The fraction of sp³-hybridized carbons (Fsp3) is 0.300. The first-order chi connectivity index (χ1) is 13.8. The maximum atomic E-state index is 13.4. The van der Waals surface area contributed by atoms with E-state index in [0.29, 0.717) is 25.9 Å². The van der Waals surface area contributed by atoms with E-state index in [1.54, 1.807) is 6.07 Å². The Morgan fingerprint density at radius 2 is 1.86 bits per heavy atom. The van der Waals surface area contributed by atoms with Crippen molar-refractivity contribution in [3.63, 3.8) is 0 Å². The zero-order valence-electron chi connectivity index (χ0n) is 15.2. The highest BCUT2D eigenvalue weighted by Crippen LogP contribution is 2.36. The molecule has 0 unspecified atom stereocenters. The van der Waals surface area contributed by atoms with E-state index in [1.807, 2.05) is 4.90 Å². The third-order valence-electron chi connectivity index (χ3n) is 4.97. The van der Waals surface area contributed by atoms with Crippen LogP contribution in [-0.2, 0) is 11.0 Å². The number of amides is 1. The number of hydrogen-bond acceptors (Lipinski definition) is 4. The molecule has 1 saturated heterocycles. The fourth-order valence-corrected chi connectivity index (χ4v) is 4.47. The van der Waals surface area contributed by atoms with E-state index in [9.17, 15) is 22.4 Å². The number of halogens is 4. The molecule has 0 radical (unpaired) electrons. The molecule has 0 atom stereocenters. The molecule has 4 nitrogen and oxygen atoms in total. The van der Waals surface area contributed by atoms with Crippen molar-refractivity contribution in [2.24, 2.45) is 5.92 Å². The first-order valence-corrected chi connectivity index (χ1v) is 9.91. The van der Waals surface area contributed by atoms with Crippen LogP contribution in [-0.4, -0.2) is 24.0 Å². The molecule has 152 valence electrons. The average molecular weight is 423 g/mol. The molecular weight excluding hydrogens is 406 g/mol. The molecule has 1 amide bonds. The Bertz CT molecular complexity index is 1040. The van der Waals surface area contributed by atoms with Crippen molar-refractivity contribution in [1.29, 1.82) is 0 Å². The minimum absolute atomic E-state index is 0.222. The molecule has 3 aromatic rings. The van der Waals surface area contributed by atoms with E-state index in [4.69, 9.17) is 0 Å². The number of aromatic nitrogens is 1. The summed E-state index contributed by atoms with van der Waals surface area (Å²) >= 11 is 1.38. The largest absolute Gasteiger partial charge is 0.418 e. The van der Waals surface area contributed by atoms with Crippen LogP contribution in [0.5, 0.6) is 0 Å². The van der Waals surface area contributed by atoms with Crippen LogP contribution in [0, 0.1) is 11.7 Å². The maximum absolute atomic E-state index is 13.4. The Hall–Kier alpha value is -2.68. The van der Waals surface area contributed by atoms with Gasteiger partial charge in [-0.2, -0.15) is 13.2 Å². The van der Waals surface area contributed by atoms with E-state index in [0.717, 1.165) is 21.4 Å². The van der Waals surface area contributed by atoms with Gasteiger partial charge < -0.3 is 10.2 Å². The zero-order valence-corrected chi connectivity index (χ0v) is 16.0. The topological polar surface area (TPSA) is 45.2 Å². The highest BCUT2D eigenvalue weighted by Gasteiger charge is 2.34. The second kappa shape index (κ2) is 7.62. The van der Waals surface area contributed by atoms with Crippen LogP contribution in [0.4, 0.5) is 28.4 Å². The van der Waals surface area contributed by atoms with Crippen LogP contribution in [0.2, 0.25) is 0 Å². The number of benzene rings is 2. The molecule has 1 aliphatic rings. The Labute approximate surface area is 168 Å². The summed E-state index contributed by atoms with van der Waals surface area (Å²) in [4.78, 5) is 19.0. The third kappa shape index (κ3) is 4.19. The van der Waals surface area contributed by atoms with Crippen LogP contribution >= 0.6 is 11.3 Å². The lowest BCUT2D eigenvalue weighted by Crippen LogP contribution is -2.38. The molecule has 1 fully saturated rings. The maximum Gasteiger partial charge on any atom is 0.418 e. The van der Waals surface area contributed by atoms with Gasteiger partial charge in [-0.3, -0.25) is 4.79 Å². The smallest absolute Gasteiger partial charge is 0.348 e. The summed E-state index contributed by atoms with van der Waals surface area (Å²) in [6.45, 7) is 1.11. The lowest BCUT2D eigenvalue weighted by atomic mass is 9.96. The van der Waals surface area contributed by atoms with Crippen LogP contribution in [0.1, 0.15) is 18.4 Å². The molecule has 2 heterocycles. The number of anilines is 2. The highest BCUT2D eigenvalue weighted by atomic mass is 32.1. The van der Waals surface area contributed by atoms with Gasteiger partial charge in [0.2, 0.25) is 5.91 Å². The first kappa shape index (κ1) is 19.6. The summed E-state index contributed by atoms with van der Waals surface area (Å²) in [5, 5.41) is 3.19. The quantitative estimate of drug-likeness (QED) is 0.581. The van der Waals surface area contributed by atoms with E-state index < -0.39 is 17.6 Å². The number of fused-ring (bicyclic) bond motifs is 1. The Kier molecular flexibility index (Phi) is 5.16. The van der Waals surface area contributed by atoms with Crippen molar-refractivity contribution in [2.75, 3.05) is 23.3 Å². The molecular formula is C20H17F4N3OS. The summed E-state index contributed by atoms with van der Waals surface area (Å²) in [7, 11) is 0. The summed E-state index contributed by atoms with van der Waals surface area (Å²) < 4.78 is 53.4. The number of hydrogen-bond donors (Lipinski definition) is 1. The van der Waals surface area contributed by atoms with Crippen LogP contribution in [0.3, 0.4) is 0 Å². The zero-order chi connectivity index (χ0) is 20.6. The minimum atomic E-state index is -4.53. The van der Waals surface area contributed by atoms with Gasteiger partial charge >= 0.3 is 6.18 Å². The molecule has 9 heteroatoms. The number of alkyl halides is 3. The van der Waals surface area contributed by atoms with Crippen molar-refractivity contribution < 1.29 is 22.4 Å². The van der Waals surface area contributed by atoms with Crippen molar-refractivity contribution in [3.05, 3.63) is 53.8 Å². The van der Waals surface area contributed by atoms with Gasteiger partial charge in [0, 0.05) is 19.0 Å². The van der Waals surface area contributed by atoms with E-state index in [1.165, 1.54) is 41.7 Å². The van der Waals surface area contributed by atoms with Gasteiger partial charge in [-0.1, -0.05) is 23.5 Å². The first-order valence-electron chi connectivity index (χ1n) is 9.09. The number of thiazole rings is 1. The number of rotatable bonds is 3. The van der Waals surface area contributed by atoms with Gasteiger partial charge in [-0.25, -0.2) is 9.37 Å². The summed E-state index contributed by atoms with van der Waals surface area (Å²) in [5.74, 6) is -1.10. The molecule has 1 aliphatic heterocycles. The molecule has 4 rings (SSSR count). The number of nitrogens with zero attached hydrogens (tertiary/aromatic N) is 2. The van der Waals surface area contributed by atoms with Crippen molar-refractivity contribution in [2.45, 2.75) is 19.0 Å². The lowest BCUT2D eigenvalue weighted by molar-refractivity contribution is -0.137. The number of nitrogens with one attached hydrogen (secondary N) is 1. The number of carbonyl (C=O) groups excluding carboxylic acids is 1.